The Morgan fingerprint density at radius 2 is 1.61 bits per heavy atom. The Labute approximate surface area is 225 Å². The maximum atomic E-state index is 13.4. The molecule has 4 aliphatic carbocycles. The fourth-order valence-electron chi connectivity index (χ4n) is 8.48. The molecule has 0 aromatic heterocycles. The molecule has 4 saturated carbocycles. The zero-order valence-corrected chi connectivity index (χ0v) is 23.0. The molecule has 8 nitrogen and oxygen atoms in total. The van der Waals surface area contributed by atoms with Crippen molar-refractivity contribution in [3.8, 4) is 0 Å². The standard InChI is InChI=1S/C30H40N2O6/c1-28(2,3)38-27(35)32-18-29(22-7-5-6-8-23(22)32)9-11-31(12-10-29)26(34)37-24-20-13-19-14-21(24)17-30(15-19,16-20)25(33)36-4/h5-8,19-21,24H,9-18H2,1-4H3. The molecular weight excluding hydrogens is 484 g/mol. The Balaban J connectivity index is 1.11. The number of hydrogen-bond donors (Lipinski definition) is 0. The van der Waals surface area contributed by atoms with Crippen molar-refractivity contribution in [1.29, 1.82) is 0 Å². The molecule has 8 heteroatoms. The molecule has 1 aromatic carbocycles. The number of ether oxygens (including phenoxy) is 3. The van der Waals surface area contributed by atoms with E-state index < -0.39 is 5.60 Å². The van der Waals surface area contributed by atoms with Gasteiger partial charge in [0, 0.05) is 25.0 Å². The van der Waals surface area contributed by atoms with Crippen LogP contribution in [0, 0.1) is 23.2 Å². The van der Waals surface area contributed by atoms with Crippen molar-refractivity contribution in [3.63, 3.8) is 0 Å². The summed E-state index contributed by atoms with van der Waals surface area (Å²) in [5, 5.41) is 0. The first-order valence-electron chi connectivity index (χ1n) is 14.2. The summed E-state index contributed by atoms with van der Waals surface area (Å²) >= 11 is 0. The summed E-state index contributed by atoms with van der Waals surface area (Å²) in [5.41, 5.74) is 0.934. The van der Waals surface area contributed by atoms with Crippen LogP contribution in [0.2, 0.25) is 0 Å². The van der Waals surface area contributed by atoms with Gasteiger partial charge in [0.1, 0.15) is 11.7 Å². The molecule has 1 spiro atoms. The molecule has 38 heavy (non-hydrogen) atoms. The van der Waals surface area contributed by atoms with Crippen molar-refractivity contribution in [2.24, 2.45) is 23.2 Å². The first-order chi connectivity index (χ1) is 18.0. The van der Waals surface area contributed by atoms with Crippen molar-refractivity contribution < 1.29 is 28.6 Å². The number of fused-ring (bicyclic) bond motifs is 2. The molecule has 7 rings (SSSR count). The van der Waals surface area contributed by atoms with E-state index in [1.165, 1.54) is 7.11 Å². The topological polar surface area (TPSA) is 85.4 Å². The average molecular weight is 525 g/mol. The first kappa shape index (κ1) is 25.5. The van der Waals surface area contributed by atoms with Crippen LogP contribution >= 0.6 is 0 Å². The number of benzene rings is 1. The number of rotatable bonds is 2. The van der Waals surface area contributed by atoms with Crippen LogP contribution in [0.3, 0.4) is 0 Å². The molecule has 0 N–H and O–H groups in total. The van der Waals surface area contributed by atoms with Gasteiger partial charge in [0.15, 0.2) is 0 Å². The van der Waals surface area contributed by atoms with Gasteiger partial charge in [-0.1, -0.05) is 18.2 Å². The molecule has 2 atom stereocenters. The van der Waals surface area contributed by atoms with E-state index in [0.717, 1.165) is 56.2 Å². The third-order valence-electron chi connectivity index (χ3n) is 9.86. The number of methoxy groups -OCH3 is 1. The van der Waals surface area contributed by atoms with Gasteiger partial charge >= 0.3 is 18.2 Å². The fraction of sp³-hybridized carbons (Fsp3) is 0.700. The van der Waals surface area contributed by atoms with Crippen molar-refractivity contribution >= 4 is 23.8 Å². The van der Waals surface area contributed by atoms with Gasteiger partial charge in [0.25, 0.3) is 0 Å². The van der Waals surface area contributed by atoms with E-state index in [0.29, 0.717) is 25.6 Å². The van der Waals surface area contributed by atoms with Crippen molar-refractivity contribution in [2.75, 3.05) is 31.6 Å². The van der Waals surface area contributed by atoms with Crippen LogP contribution in [-0.2, 0) is 24.4 Å². The second kappa shape index (κ2) is 8.88. The quantitative estimate of drug-likeness (QED) is 0.387. The Morgan fingerprint density at radius 3 is 2.24 bits per heavy atom. The molecule has 2 unspecified atom stereocenters. The normalized spacial score (nSPS) is 32.7. The highest BCUT2D eigenvalue weighted by Gasteiger charge is 2.60. The molecule has 2 amide bonds. The van der Waals surface area contributed by atoms with Gasteiger partial charge in [-0.25, -0.2) is 9.59 Å². The summed E-state index contributed by atoms with van der Waals surface area (Å²) in [6.07, 6.45) is 5.39. The number of para-hydroxylation sites is 1. The first-order valence-corrected chi connectivity index (χ1v) is 14.2. The molecule has 206 valence electrons. The monoisotopic (exact) mass is 524 g/mol. The van der Waals surface area contributed by atoms with Crippen LogP contribution in [0.1, 0.15) is 71.3 Å². The minimum atomic E-state index is -0.566. The van der Waals surface area contributed by atoms with Crippen LogP contribution < -0.4 is 4.90 Å². The van der Waals surface area contributed by atoms with Crippen LogP contribution in [0.25, 0.3) is 0 Å². The highest BCUT2D eigenvalue weighted by Crippen LogP contribution is 2.61. The van der Waals surface area contributed by atoms with Crippen molar-refractivity contribution in [3.05, 3.63) is 29.8 Å². The lowest BCUT2D eigenvalue weighted by Crippen LogP contribution is -2.58. The van der Waals surface area contributed by atoms with Gasteiger partial charge in [-0.05, 0) is 95.1 Å². The predicted molar refractivity (Wildman–Crippen MR) is 141 cm³/mol. The molecule has 2 aliphatic heterocycles. The second-order valence-electron chi connectivity index (χ2n) is 13.4. The lowest BCUT2D eigenvalue weighted by molar-refractivity contribution is -0.182. The highest BCUT2D eigenvalue weighted by molar-refractivity contribution is 5.91. The number of amides is 2. The number of nitrogens with zero attached hydrogens (tertiary/aromatic N) is 2. The third kappa shape index (κ3) is 4.15. The second-order valence-corrected chi connectivity index (χ2v) is 13.4. The maximum Gasteiger partial charge on any atom is 0.414 e. The number of piperidine rings is 1. The van der Waals surface area contributed by atoms with E-state index in [1.54, 1.807) is 4.90 Å². The van der Waals surface area contributed by atoms with Gasteiger partial charge in [-0.3, -0.25) is 9.69 Å². The highest BCUT2D eigenvalue weighted by atomic mass is 16.6. The Bertz CT molecular complexity index is 1120. The Morgan fingerprint density at radius 1 is 0.947 bits per heavy atom. The SMILES string of the molecule is COC(=O)C12CC3CC(C1)C(OC(=O)N1CCC4(CC1)CN(C(=O)OC(C)(C)C)c1ccccc14)C(C3)C2. The van der Waals surface area contributed by atoms with Gasteiger partial charge in [-0.2, -0.15) is 0 Å². The summed E-state index contributed by atoms with van der Waals surface area (Å²) in [7, 11) is 1.48. The predicted octanol–water partition coefficient (Wildman–Crippen LogP) is 5.28. The van der Waals surface area contributed by atoms with E-state index in [9.17, 15) is 14.4 Å². The summed E-state index contributed by atoms with van der Waals surface area (Å²) in [6, 6.07) is 8.08. The Hall–Kier alpha value is -2.77. The molecule has 2 heterocycles. The minimum Gasteiger partial charge on any atom is -0.469 e. The fourth-order valence-corrected chi connectivity index (χ4v) is 8.48. The molecule has 1 aromatic rings. The lowest BCUT2D eigenvalue weighted by atomic mass is 9.48. The number of esters is 1. The average Bonchev–Trinajstić information content (AvgIpc) is 3.19. The van der Waals surface area contributed by atoms with E-state index in [4.69, 9.17) is 14.2 Å². The number of likely N-dealkylation sites (tertiary alicyclic amines) is 1. The third-order valence-corrected chi connectivity index (χ3v) is 9.86. The summed E-state index contributed by atoms with van der Waals surface area (Å²) < 4.78 is 17.1. The van der Waals surface area contributed by atoms with Crippen LogP contribution in [-0.4, -0.2) is 61.5 Å². The van der Waals surface area contributed by atoms with Crippen LogP contribution in [0.5, 0.6) is 0 Å². The van der Waals surface area contributed by atoms with Gasteiger partial charge in [-0.15, -0.1) is 0 Å². The maximum absolute atomic E-state index is 13.4. The summed E-state index contributed by atoms with van der Waals surface area (Å²) in [4.78, 5) is 42.6. The summed E-state index contributed by atoms with van der Waals surface area (Å²) in [6.45, 7) is 7.38. The zero-order chi connectivity index (χ0) is 26.9. The van der Waals surface area contributed by atoms with Gasteiger partial charge in [0.2, 0.25) is 0 Å². The number of anilines is 1. The lowest BCUT2D eigenvalue weighted by Gasteiger charge is -2.57. The molecule has 1 saturated heterocycles. The van der Waals surface area contributed by atoms with Crippen LogP contribution in [0.4, 0.5) is 15.3 Å². The zero-order valence-electron chi connectivity index (χ0n) is 23.0. The minimum absolute atomic E-state index is 0.0831. The molecule has 4 bridgehead atoms. The molecule has 0 radical (unpaired) electrons. The van der Waals surface area contributed by atoms with Gasteiger partial charge < -0.3 is 19.1 Å². The molecular formula is C30H40N2O6. The largest absolute Gasteiger partial charge is 0.469 e. The van der Waals surface area contributed by atoms with Gasteiger partial charge in [0.05, 0.1) is 18.2 Å². The molecule has 5 fully saturated rings. The van der Waals surface area contributed by atoms with Crippen molar-refractivity contribution in [1.82, 2.24) is 4.90 Å². The number of hydrogen-bond acceptors (Lipinski definition) is 6. The smallest absolute Gasteiger partial charge is 0.414 e. The number of carbonyl (C=O) groups excluding carboxylic acids is 3. The Kier molecular flexibility index (Phi) is 5.96. The van der Waals surface area contributed by atoms with E-state index in [1.807, 2.05) is 43.9 Å². The van der Waals surface area contributed by atoms with E-state index in [-0.39, 0.29) is 46.9 Å². The van der Waals surface area contributed by atoms with E-state index >= 15 is 0 Å². The van der Waals surface area contributed by atoms with E-state index in [2.05, 4.69) is 6.07 Å². The number of carbonyl (C=O) groups is 3. The van der Waals surface area contributed by atoms with Crippen molar-refractivity contribution in [2.45, 2.75) is 82.8 Å². The summed E-state index contributed by atoms with van der Waals surface area (Å²) in [5.74, 6) is 0.932. The van der Waals surface area contributed by atoms with Crippen LogP contribution in [0.15, 0.2) is 24.3 Å². The molecule has 6 aliphatic rings.